The van der Waals surface area contributed by atoms with E-state index in [-0.39, 0.29) is 5.91 Å². The summed E-state index contributed by atoms with van der Waals surface area (Å²) < 4.78 is 5.08. The van der Waals surface area contributed by atoms with Gasteiger partial charge in [-0.1, -0.05) is 5.16 Å². The molecule has 7 nitrogen and oxygen atoms in total. The Bertz CT molecular complexity index is 730. The number of anilines is 1. The van der Waals surface area contributed by atoms with Crippen molar-refractivity contribution in [2.75, 3.05) is 18.0 Å². The van der Waals surface area contributed by atoms with Crippen molar-refractivity contribution >= 4 is 11.7 Å². The third-order valence-electron chi connectivity index (χ3n) is 4.96. The van der Waals surface area contributed by atoms with Crippen molar-refractivity contribution in [2.45, 2.75) is 44.6 Å². The Hall–Kier alpha value is -2.44. The van der Waals surface area contributed by atoms with Crippen LogP contribution in [0.1, 0.15) is 54.2 Å². The Kier molecular flexibility index (Phi) is 3.70. The van der Waals surface area contributed by atoms with Gasteiger partial charge in [0.25, 0.3) is 5.91 Å². The van der Waals surface area contributed by atoms with Crippen LogP contribution in [0.25, 0.3) is 0 Å². The molecule has 126 valence electrons. The zero-order chi connectivity index (χ0) is 16.6. The second-order valence-electron chi connectivity index (χ2n) is 6.63. The first kappa shape index (κ1) is 15.1. The molecule has 2 aliphatic rings. The SMILES string of the molecule is Cc1nc(C2(NC(=O)c3ccc(N4CCCC4)nc3)CCC2)no1. The lowest BCUT2D eigenvalue weighted by Crippen LogP contribution is -2.51. The molecule has 0 aromatic carbocycles. The monoisotopic (exact) mass is 327 g/mol. The van der Waals surface area contributed by atoms with Crippen molar-refractivity contribution in [2.24, 2.45) is 0 Å². The summed E-state index contributed by atoms with van der Waals surface area (Å²) in [5.41, 5.74) is 0.0621. The van der Waals surface area contributed by atoms with E-state index < -0.39 is 5.54 Å². The molecule has 7 heteroatoms. The van der Waals surface area contributed by atoms with Gasteiger partial charge in [-0.15, -0.1) is 0 Å². The zero-order valence-corrected chi connectivity index (χ0v) is 13.8. The largest absolute Gasteiger partial charge is 0.357 e. The van der Waals surface area contributed by atoms with Crippen molar-refractivity contribution in [3.8, 4) is 0 Å². The van der Waals surface area contributed by atoms with Crippen molar-refractivity contribution in [1.29, 1.82) is 0 Å². The first-order valence-electron chi connectivity index (χ1n) is 8.51. The highest BCUT2D eigenvalue weighted by molar-refractivity contribution is 5.94. The van der Waals surface area contributed by atoms with Gasteiger partial charge in [0.2, 0.25) is 5.89 Å². The van der Waals surface area contributed by atoms with Gasteiger partial charge in [0.05, 0.1) is 5.56 Å². The van der Waals surface area contributed by atoms with E-state index in [1.54, 1.807) is 13.1 Å². The van der Waals surface area contributed by atoms with Gasteiger partial charge < -0.3 is 14.7 Å². The number of hydrogen-bond donors (Lipinski definition) is 1. The van der Waals surface area contributed by atoms with Gasteiger partial charge in [-0.25, -0.2) is 4.98 Å². The van der Waals surface area contributed by atoms with Gasteiger partial charge in [-0.3, -0.25) is 4.79 Å². The summed E-state index contributed by atoms with van der Waals surface area (Å²) in [7, 11) is 0. The summed E-state index contributed by atoms with van der Waals surface area (Å²) >= 11 is 0. The van der Waals surface area contributed by atoms with Gasteiger partial charge >= 0.3 is 0 Å². The molecule has 0 radical (unpaired) electrons. The molecule has 1 N–H and O–H groups in total. The Balaban J connectivity index is 1.49. The van der Waals surface area contributed by atoms with Crippen LogP contribution in [-0.4, -0.2) is 34.1 Å². The summed E-state index contributed by atoms with van der Waals surface area (Å²) in [4.78, 5) is 23.6. The molecular formula is C17H21N5O2. The quantitative estimate of drug-likeness (QED) is 0.926. The van der Waals surface area contributed by atoms with Crippen molar-refractivity contribution in [3.63, 3.8) is 0 Å². The number of nitrogens with one attached hydrogen (secondary N) is 1. The third-order valence-corrected chi connectivity index (χ3v) is 4.96. The predicted octanol–water partition coefficient (Wildman–Crippen LogP) is 2.18. The van der Waals surface area contributed by atoms with E-state index in [0.717, 1.165) is 38.2 Å². The van der Waals surface area contributed by atoms with Crippen LogP contribution in [0.15, 0.2) is 22.9 Å². The fourth-order valence-electron chi connectivity index (χ4n) is 3.37. The molecule has 1 saturated carbocycles. The number of rotatable bonds is 4. The number of carbonyl (C=O) groups is 1. The van der Waals surface area contributed by atoms with E-state index in [0.29, 0.717) is 17.3 Å². The van der Waals surface area contributed by atoms with Crippen LogP contribution in [0.3, 0.4) is 0 Å². The first-order chi connectivity index (χ1) is 11.7. The molecule has 4 rings (SSSR count). The summed E-state index contributed by atoms with van der Waals surface area (Å²) in [6, 6.07) is 3.76. The zero-order valence-electron chi connectivity index (χ0n) is 13.8. The summed E-state index contributed by atoms with van der Waals surface area (Å²) in [6.45, 7) is 3.84. The lowest BCUT2D eigenvalue weighted by molar-refractivity contribution is 0.0804. The van der Waals surface area contributed by atoms with Crippen LogP contribution < -0.4 is 10.2 Å². The lowest BCUT2D eigenvalue weighted by atomic mass is 9.76. The molecule has 2 fully saturated rings. The number of aryl methyl sites for hydroxylation is 1. The smallest absolute Gasteiger partial charge is 0.253 e. The summed E-state index contributed by atoms with van der Waals surface area (Å²) in [5.74, 6) is 1.89. The molecule has 3 heterocycles. The molecule has 0 atom stereocenters. The molecule has 2 aromatic rings. The Labute approximate surface area is 140 Å². The van der Waals surface area contributed by atoms with E-state index in [4.69, 9.17) is 4.52 Å². The topological polar surface area (TPSA) is 84.2 Å². The molecule has 24 heavy (non-hydrogen) atoms. The number of amides is 1. The minimum absolute atomic E-state index is 0.141. The average Bonchev–Trinajstić information content (AvgIpc) is 3.22. The Morgan fingerprint density at radius 1 is 1.25 bits per heavy atom. The molecule has 0 bridgehead atoms. The maximum Gasteiger partial charge on any atom is 0.253 e. The minimum Gasteiger partial charge on any atom is -0.357 e. The number of aromatic nitrogens is 3. The van der Waals surface area contributed by atoms with Gasteiger partial charge in [-0.05, 0) is 44.2 Å². The molecular weight excluding hydrogens is 306 g/mol. The average molecular weight is 327 g/mol. The highest BCUT2D eigenvalue weighted by atomic mass is 16.5. The van der Waals surface area contributed by atoms with E-state index in [9.17, 15) is 4.79 Å². The first-order valence-corrected chi connectivity index (χ1v) is 8.51. The van der Waals surface area contributed by atoms with Crippen molar-refractivity contribution < 1.29 is 9.32 Å². The van der Waals surface area contributed by atoms with E-state index >= 15 is 0 Å². The normalized spacial score (nSPS) is 19.1. The van der Waals surface area contributed by atoms with Gasteiger partial charge in [0, 0.05) is 26.2 Å². The van der Waals surface area contributed by atoms with Crippen LogP contribution in [0.4, 0.5) is 5.82 Å². The highest BCUT2D eigenvalue weighted by Crippen LogP contribution is 2.40. The maximum atomic E-state index is 12.6. The summed E-state index contributed by atoms with van der Waals surface area (Å²) in [6.07, 6.45) is 6.76. The number of hydrogen-bond acceptors (Lipinski definition) is 6. The number of pyridine rings is 1. The molecule has 1 saturated heterocycles. The minimum atomic E-state index is -0.498. The Morgan fingerprint density at radius 3 is 2.58 bits per heavy atom. The lowest BCUT2D eigenvalue weighted by Gasteiger charge is -2.39. The second-order valence-corrected chi connectivity index (χ2v) is 6.63. The molecule has 1 aliphatic heterocycles. The molecule has 2 aromatic heterocycles. The molecule has 0 spiro atoms. The predicted molar refractivity (Wildman–Crippen MR) is 87.7 cm³/mol. The van der Waals surface area contributed by atoms with Gasteiger partial charge in [0.15, 0.2) is 5.82 Å². The third kappa shape index (κ3) is 2.64. The van der Waals surface area contributed by atoms with Crippen molar-refractivity contribution in [1.82, 2.24) is 20.4 Å². The second kappa shape index (κ2) is 5.89. The van der Waals surface area contributed by atoms with Crippen LogP contribution in [0.2, 0.25) is 0 Å². The van der Waals surface area contributed by atoms with Crippen LogP contribution in [0, 0.1) is 6.92 Å². The van der Waals surface area contributed by atoms with E-state index in [1.807, 2.05) is 12.1 Å². The van der Waals surface area contributed by atoms with Crippen LogP contribution in [0.5, 0.6) is 0 Å². The number of nitrogens with zero attached hydrogens (tertiary/aromatic N) is 4. The van der Waals surface area contributed by atoms with Crippen molar-refractivity contribution in [3.05, 3.63) is 35.6 Å². The number of carbonyl (C=O) groups excluding carboxylic acids is 1. The van der Waals surface area contributed by atoms with E-state index in [2.05, 4.69) is 25.3 Å². The summed E-state index contributed by atoms with van der Waals surface area (Å²) in [5, 5.41) is 7.09. The van der Waals surface area contributed by atoms with E-state index in [1.165, 1.54) is 12.8 Å². The van der Waals surface area contributed by atoms with Crippen LogP contribution >= 0.6 is 0 Å². The fourth-order valence-corrected chi connectivity index (χ4v) is 3.37. The fraction of sp³-hybridized carbons (Fsp3) is 0.529. The Morgan fingerprint density at radius 2 is 2.04 bits per heavy atom. The highest BCUT2D eigenvalue weighted by Gasteiger charge is 2.44. The van der Waals surface area contributed by atoms with Gasteiger partial charge in [-0.2, -0.15) is 4.98 Å². The van der Waals surface area contributed by atoms with Gasteiger partial charge in [0.1, 0.15) is 11.4 Å². The molecule has 0 unspecified atom stereocenters. The molecule has 1 amide bonds. The maximum absolute atomic E-state index is 12.6. The molecule has 1 aliphatic carbocycles. The standard InChI is InChI=1S/C17H21N5O2/c1-12-19-16(21-24-12)17(7-4-8-17)20-15(23)13-5-6-14(18-11-13)22-9-2-3-10-22/h5-6,11H,2-4,7-10H2,1H3,(H,20,23). The van der Waals surface area contributed by atoms with Crippen LogP contribution in [-0.2, 0) is 5.54 Å².